The van der Waals surface area contributed by atoms with Gasteiger partial charge in [-0.2, -0.15) is 5.10 Å². The van der Waals surface area contributed by atoms with E-state index in [1.165, 1.54) is 0 Å². The molecule has 0 saturated heterocycles. The van der Waals surface area contributed by atoms with Crippen molar-refractivity contribution in [2.24, 2.45) is 0 Å². The lowest BCUT2D eigenvalue weighted by Gasteiger charge is -2.09. The molecule has 134 valence electrons. The van der Waals surface area contributed by atoms with Crippen LogP contribution in [-0.2, 0) is 0 Å². The highest BCUT2D eigenvalue weighted by molar-refractivity contribution is 14.2. The maximum atomic E-state index is 5.59. The van der Waals surface area contributed by atoms with Crippen molar-refractivity contribution in [1.82, 2.24) is 24.5 Å². The molecular weight excluding hydrogens is 460 g/mol. The molecule has 0 bridgehead atoms. The Labute approximate surface area is 166 Å². The second-order valence-corrected chi connectivity index (χ2v) is 7.21. The summed E-state index contributed by atoms with van der Waals surface area (Å²) in [5.41, 5.74) is 5.45. The number of nitrogens with one attached hydrogen (secondary N) is 1. The highest BCUT2D eigenvalue weighted by Crippen LogP contribution is 2.34. The third-order valence-corrected chi connectivity index (χ3v) is 5.64. The minimum absolute atomic E-state index is 0.585. The number of hydrogen-bond acceptors (Lipinski definition) is 4. The fraction of sp³-hybridized carbons (Fsp3) is 0.167. The van der Waals surface area contributed by atoms with Crippen molar-refractivity contribution in [3.05, 3.63) is 49.1 Å². The summed E-state index contributed by atoms with van der Waals surface area (Å²) < 4.78 is 7.50. The number of H-pyrrole nitrogens is 1. The quantitative estimate of drug-likeness (QED) is 0.318. The SMILES string of the molecule is CC.COc1cc(-c2cnn(PI)c2)ccc1-c1cnc2[nH]ccc2n1. The van der Waals surface area contributed by atoms with E-state index in [0.717, 1.165) is 39.3 Å². The number of nitrogens with zero attached hydrogens (tertiary/aromatic N) is 4. The topological polar surface area (TPSA) is 68.6 Å². The summed E-state index contributed by atoms with van der Waals surface area (Å²) in [7, 11) is 1.67. The molecule has 1 aromatic carbocycles. The molecule has 3 aromatic heterocycles. The van der Waals surface area contributed by atoms with E-state index >= 15 is 0 Å². The van der Waals surface area contributed by atoms with Gasteiger partial charge in [0.15, 0.2) is 5.65 Å². The van der Waals surface area contributed by atoms with Crippen LogP contribution in [0, 0.1) is 0 Å². The smallest absolute Gasteiger partial charge is 0.156 e. The van der Waals surface area contributed by atoms with Crippen LogP contribution < -0.4 is 4.74 Å². The molecule has 0 aliphatic carbocycles. The minimum atomic E-state index is 0.585. The van der Waals surface area contributed by atoms with Crippen molar-refractivity contribution in [2.45, 2.75) is 13.8 Å². The van der Waals surface area contributed by atoms with E-state index in [-0.39, 0.29) is 0 Å². The molecule has 3 heterocycles. The average molecular weight is 479 g/mol. The molecule has 0 aliphatic heterocycles. The molecule has 4 aromatic rings. The van der Waals surface area contributed by atoms with Crippen LogP contribution in [0.5, 0.6) is 5.75 Å². The van der Waals surface area contributed by atoms with E-state index in [1.807, 2.05) is 55.1 Å². The zero-order chi connectivity index (χ0) is 18.5. The third kappa shape index (κ3) is 3.73. The Morgan fingerprint density at radius 1 is 1.15 bits per heavy atom. The third-order valence-electron chi connectivity index (χ3n) is 3.74. The lowest BCUT2D eigenvalue weighted by atomic mass is 10.0. The van der Waals surface area contributed by atoms with Gasteiger partial charge in [0.25, 0.3) is 0 Å². The first-order valence-corrected chi connectivity index (χ1v) is 12.2. The predicted molar refractivity (Wildman–Crippen MR) is 116 cm³/mol. The van der Waals surface area contributed by atoms with E-state index in [9.17, 15) is 0 Å². The van der Waals surface area contributed by atoms with Gasteiger partial charge in [-0.05, 0) is 45.8 Å². The molecule has 1 N–H and O–H groups in total. The standard InChI is InChI=1S/C16H13IN5OP.C2H6/c1-23-15-6-10(11-7-20-22(9-11)24-17)2-3-12(15)14-8-19-16-13(21-14)4-5-18-16;1-2/h2-9,24H,1H3,(H,18,19);1-2H3. The van der Waals surface area contributed by atoms with Crippen molar-refractivity contribution in [3.8, 4) is 28.1 Å². The van der Waals surface area contributed by atoms with Crippen LogP contribution in [0.1, 0.15) is 13.8 Å². The highest BCUT2D eigenvalue weighted by atomic mass is 127. The Bertz CT molecular complexity index is 1010. The summed E-state index contributed by atoms with van der Waals surface area (Å²) in [6.07, 6.45) is 8.07. The molecule has 26 heavy (non-hydrogen) atoms. The van der Waals surface area contributed by atoms with Crippen LogP contribution in [0.15, 0.2) is 49.1 Å². The van der Waals surface area contributed by atoms with Gasteiger partial charge in [0.1, 0.15) is 11.3 Å². The Hall–Kier alpha value is -1.99. The molecular formula is C18H19IN5OP. The summed E-state index contributed by atoms with van der Waals surface area (Å²) in [6, 6.07) is 7.99. The molecule has 4 rings (SSSR count). The molecule has 0 saturated carbocycles. The Morgan fingerprint density at radius 2 is 2.00 bits per heavy atom. The van der Waals surface area contributed by atoms with Crippen molar-refractivity contribution in [3.63, 3.8) is 0 Å². The van der Waals surface area contributed by atoms with Crippen LogP contribution in [-0.4, -0.2) is 31.6 Å². The fourth-order valence-electron chi connectivity index (χ4n) is 2.56. The van der Waals surface area contributed by atoms with Gasteiger partial charge in [0.2, 0.25) is 0 Å². The van der Waals surface area contributed by atoms with Gasteiger partial charge in [-0.1, -0.05) is 19.9 Å². The molecule has 6 nitrogen and oxygen atoms in total. The van der Waals surface area contributed by atoms with Crippen molar-refractivity contribution >= 4 is 39.6 Å². The van der Waals surface area contributed by atoms with E-state index in [1.54, 1.807) is 13.3 Å². The summed E-state index contributed by atoms with van der Waals surface area (Å²) in [4.78, 5) is 12.1. The van der Waals surface area contributed by atoms with E-state index in [0.29, 0.717) is 6.37 Å². The zero-order valence-electron chi connectivity index (χ0n) is 14.7. The number of ether oxygens (including phenoxy) is 1. The van der Waals surface area contributed by atoms with Crippen LogP contribution in [0.3, 0.4) is 0 Å². The lowest BCUT2D eigenvalue weighted by Crippen LogP contribution is -1.92. The lowest BCUT2D eigenvalue weighted by molar-refractivity contribution is 0.416. The second kappa shape index (κ2) is 8.60. The Morgan fingerprint density at radius 3 is 2.73 bits per heavy atom. The first-order valence-electron chi connectivity index (χ1n) is 8.19. The van der Waals surface area contributed by atoms with E-state index in [4.69, 9.17) is 4.74 Å². The Balaban J connectivity index is 0.000000948. The number of halogens is 1. The zero-order valence-corrected chi connectivity index (χ0v) is 17.9. The fourth-order valence-corrected chi connectivity index (χ4v) is 3.64. The van der Waals surface area contributed by atoms with Gasteiger partial charge >= 0.3 is 0 Å². The Kier molecular flexibility index (Phi) is 6.21. The second-order valence-electron chi connectivity index (χ2n) is 5.14. The molecule has 0 spiro atoms. The summed E-state index contributed by atoms with van der Waals surface area (Å²) in [6.45, 7) is 4.00. The highest BCUT2D eigenvalue weighted by Gasteiger charge is 2.12. The van der Waals surface area contributed by atoms with Crippen LogP contribution in [0.2, 0.25) is 0 Å². The van der Waals surface area contributed by atoms with Gasteiger partial charge in [0, 0.05) is 23.5 Å². The molecule has 8 heteroatoms. The van der Waals surface area contributed by atoms with Crippen LogP contribution in [0.4, 0.5) is 0 Å². The first kappa shape index (κ1) is 18.8. The van der Waals surface area contributed by atoms with Gasteiger partial charge in [-0.3, -0.25) is 0 Å². The van der Waals surface area contributed by atoms with Crippen molar-refractivity contribution in [1.29, 1.82) is 0 Å². The number of benzene rings is 1. The van der Waals surface area contributed by atoms with Gasteiger partial charge in [0.05, 0.1) is 31.6 Å². The number of aromatic amines is 1. The molecule has 1 unspecified atom stereocenters. The van der Waals surface area contributed by atoms with Crippen molar-refractivity contribution in [2.75, 3.05) is 7.11 Å². The summed E-state index contributed by atoms with van der Waals surface area (Å²) >= 11 is 2.31. The summed E-state index contributed by atoms with van der Waals surface area (Å²) in [5.74, 6) is 0.765. The van der Waals surface area contributed by atoms with Gasteiger partial charge in [-0.15, -0.1) is 0 Å². The largest absolute Gasteiger partial charge is 0.496 e. The number of methoxy groups -OCH3 is 1. The first-order chi connectivity index (χ1) is 12.8. The maximum Gasteiger partial charge on any atom is 0.156 e. The van der Waals surface area contributed by atoms with E-state index in [2.05, 4.69) is 48.2 Å². The van der Waals surface area contributed by atoms with Crippen molar-refractivity contribution < 1.29 is 4.74 Å². The number of fused-ring (bicyclic) bond motifs is 1. The monoisotopic (exact) mass is 479 g/mol. The molecule has 0 amide bonds. The van der Waals surface area contributed by atoms with Gasteiger partial charge < -0.3 is 9.72 Å². The van der Waals surface area contributed by atoms with Crippen LogP contribution >= 0.6 is 28.4 Å². The van der Waals surface area contributed by atoms with Crippen LogP contribution in [0.25, 0.3) is 33.5 Å². The van der Waals surface area contributed by atoms with Gasteiger partial charge in [-0.25, -0.2) is 14.4 Å². The normalized spacial score (nSPS) is 10.9. The molecule has 1 atom stereocenters. The number of aromatic nitrogens is 5. The van der Waals surface area contributed by atoms with E-state index < -0.39 is 0 Å². The molecule has 0 radical (unpaired) electrons. The maximum absolute atomic E-state index is 5.59. The number of rotatable bonds is 4. The predicted octanol–water partition coefficient (Wildman–Crippen LogP) is 5.31. The molecule has 0 aliphatic rings. The number of hydrogen-bond donors (Lipinski definition) is 1. The molecule has 0 fully saturated rings. The minimum Gasteiger partial charge on any atom is -0.496 e. The average Bonchev–Trinajstić information content (AvgIpc) is 3.37. The summed E-state index contributed by atoms with van der Waals surface area (Å²) in [5, 5.41) is 4.33.